The van der Waals surface area contributed by atoms with Gasteiger partial charge in [-0.15, -0.1) is 11.3 Å². The van der Waals surface area contributed by atoms with Crippen LogP contribution in [-0.4, -0.2) is 28.8 Å². The molecule has 154 valence electrons. The highest BCUT2D eigenvalue weighted by Gasteiger charge is 2.27. The van der Waals surface area contributed by atoms with Crippen LogP contribution < -0.4 is 5.32 Å². The first-order chi connectivity index (χ1) is 13.9. The number of rotatable bonds is 9. The Hall–Kier alpha value is -2.72. The first-order valence-corrected chi connectivity index (χ1v) is 9.62. The fourth-order valence-corrected chi connectivity index (χ4v) is 3.06. The van der Waals surface area contributed by atoms with Crippen LogP contribution in [0.2, 0.25) is 0 Å². The number of carbonyl (C=O) groups is 1. The number of thiophene rings is 1. The molecule has 2 aromatic heterocycles. The van der Waals surface area contributed by atoms with Crippen molar-refractivity contribution in [3.8, 4) is 10.7 Å². The molecule has 1 N–H and O–H groups in total. The van der Waals surface area contributed by atoms with Crippen molar-refractivity contribution >= 4 is 17.2 Å². The molecule has 6 nitrogen and oxygen atoms in total. The number of aromatic nitrogens is 2. The Morgan fingerprint density at radius 2 is 1.93 bits per heavy atom. The molecule has 0 aliphatic carbocycles. The second-order valence-electron chi connectivity index (χ2n) is 6.19. The molecule has 3 rings (SSSR count). The van der Waals surface area contributed by atoms with Gasteiger partial charge in [0.05, 0.1) is 11.5 Å². The van der Waals surface area contributed by atoms with Gasteiger partial charge in [0.1, 0.15) is 6.61 Å². The zero-order valence-electron chi connectivity index (χ0n) is 15.2. The highest BCUT2D eigenvalue weighted by atomic mass is 32.1. The maximum Gasteiger partial charge on any atom is 0.411 e. The molecule has 10 heteroatoms. The summed E-state index contributed by atoms with van der Waals surface area (Å²) in [5.41, 5.74) is 1.46. The van der Waals surface area contributed by atoms with Crippen LogP contribution in [0.3, 0.4) is 0 Å². The van der Waals surface area contributed by atoms with Crippen LogP contribution in [0.25, 0.3) is 10.7 Å². The number of hydrogen-bond acceptors (Lipinski definition) is 6. The van der Waals surface area contributed by atoms with Crippen molar-refractivity contribution in [3.05, 3.63) is 58.8 Å². The van der Waals surface area contributed by atoms with E-state index in [0.717, 1.165) is 10.4 Å². The van der Waals surface area contributed by atoms with Crippen LogP contribution in [0, 0.1) is 0 Å². The highest BCUT2D eigenvalue weighted by molar-refractivity contribution is 7.13. The van der Waals surface area contributed by atoms with Gasteiger partial charge in [-0.2, -0.15) is 18.2 Å². The largest absolute Gasteiger partial charge is 0.411 e. The van der Waals surface area contributed by atoms with Crippen LogP contribution in [0.1, 0.15) is 23.4 Å². The summed E-state index contributed by atoms with van der Waals surface area (Å²) >= 11 is 1.50. The fourth-order valence-electron chi connectivity index (χ4n) is 2.41. The van der Waals surface area contributed by atoms with E-state index in [9.17, 15) is 18.0 Å². The second-order valence-corrected chi connectivity index (χ2v) is 7.14. The predicted molar refractivity (Wildman–Crippen MR) is 99.9 cm³/mol. The minimum absolute atomic E-state index is 0.121. The van der Waals surface area contributed by atoms with Gasteiger partial charge in [0.15, 0.2) is 0 Å². The highest BCUT2D eigenvalue weighted by Crippen LogP contribution is 2.21. The van der Waals surface area contributed by atoms with Gasteiger partial charge < -0.3 is 14.6 Å². The van der Waals surface area contributed by atoms with Crippen molar-refractivity contribution < 1.29 is 27.2 Å². The zero-order chi connectivity index (χ0) is 20.7. The summed E-state index contributed by atoms with van der Waals surface area (Å²) in [5, 5.41) is 8.59. The summed E-state index contributed by atoms with van der Waals surface area (Å²) in [7, 11) is 0. The van der Waals surface area contributed by atoms with E-state index in [1.54, 1.807) is 24.3 Å². The molecule has 0 radical (unpaired) electrons. The Morgan fingerprint density at radius 1 is 1.17 bits per heavy atom. The van der Waals surface area contributed by atoms with Crippen LogP contribution in [0.15, 0.2) is 46.3 Å². The van der Waals surface area contributed by atoms with Gasteiger partial charge in [0, 0.05) is 19.4 Å². The van der Waals surface area contributed by atoms with Crippen molar-refractivity contribution in [1.29, 1.82) is 0 Å². The molecule has 0 atom stereocenters. The van der Waals surface area contributed by atoms with Crippen LogP contribution in [-0.2, 0) is 29.1 Å². The molecule has 0 fully saturated rings. The van der Waals surface area contributed by atoms with E-state index in [1.807, 2.05) is 17.5 Å². The number of benzene rings is 1. The van der Waals surface area contributed by atoms with Gasteiger partial charge in [-0.3, -0.25) is 4.79 Å². The molecule has 29 heavy (non-hydrogen) atoms. The average Bonchev–Trinajstić information content (AvgIpc) is 3.36. The molecule has 2 heterocycles. The van der Waals surface area contributed by atoms with Gasteiger partial charge in [0.2, 0.25) is 17.6 Å². The standard InChI is InChI=1S/C19H18F3N3O3S/c20-19(21,22)12-27-11-14-5-3-13(4-6-14)10-23-16(26)7-8-17-24-18(25-28-17)15-2-1-9-29-15/h1-6,9H,7-8,10-12H2,(H,23,26). The minimum atomic E-state index is -4.34. The summed E-state index contributed by atoms with van der Waals surface area (Å²) in [6.07, 6.45) is -3.80. The Balaban J connectivity index is 1.38. The quantitative estimate of drug-likeness (QED) is 0.558. The molecule has 3 aromatic rings. The molecule has 0 unspecified atom stereocenters. The summed E-state index contributed by atoms with van der Waals surface area (Å²) in [5.74, 6) is 0.736. The van der Waals surface area contributed by atoms with E-state index in [-0.39, 0.29) is 18.9 Å². The maximum atomic E-state index is 12.1. The number of carbonyl (C=O) groups excluding carboxylic acids is 1. The first-order valence-electron chi connectivity index (χ1n) is 8.74. The number of ether oxygens (including phenoxy) is 1. The number of hydrogen-bond donors (Lipinski definition) is 1. The Bertz CT molecular complexity index is 909. The molecule has 0 saturated heterocycles. The first kappa shape index (κ1) is 21.0. The number of nitrogens with one attached hydrogen (secondary N) is 1. The summed E-state index contributed by atoms with van der Waals surface area (Å²) in [6, 6.07) is 10.6. The van der Waals surface area contributed by atoms with Gasteiger partial charge >= 0.3 is 6.18 Å². The SMILES string of the molecule is O=C(CCc1nc(-c2cccs2)no1)NCc1ccc(COCC(F)(F)F)cc1. The molecular formula is C19H18F3N3O3S. The Morgan fingerprint density at radius 3 is 2.62 bits per heavy atom. The van der Waals surface area contributed by atoms with Gasteiger partial charge in [-0.25, -0.2) is 0 Å². The maximum absolute atomic E-state index is 12.1. The van der Waals surface area contributed by atoms with E-state index in [2.05, 4.69) is 20.2 Å². The lowest BCUT2D eigenvalue weighted by Gasteiger charge is -2.08. The van der Waals surface area contributed by atoms with Crippen LogP contribution in [0.4, 0.5) is 13.2 Å². The third kappa shape index (κ3) is 6.99. The third-order valence-electron chi connectivity index (χ3n) is 3.82. The summed E-state index contributed by atoms with van der Waals surface area (Å²) in [4.78, 5) is 17.2. The van der Waals surface area contributed by atoms with Crippen molar-refractivity contribution in [2.45, 2.75) is 32.2 Å². The Labute approximate surface area is 168 Å². The number of halogens is 3. The molecular weight excluding hydrogens is 407 g/mol. The zero-order valence-corrected chi connectivity index (χ0v) is 16.1. The summed E-state index contributed by atoms with van der Waals surface area (Å²) < 4.78 is 45.9. The minimum Gasteiger partial charge on any atom is -0.367 e. The number of nitrogens with zero attached hydrogens (tertiary/aromatic N) is 2. The molecule has 0 spiro atoms. The molecule has 1 amide bonds. The third-order valence-corrected chi connectivity index (χ3v) is 4.69. The molecule has 0 aliphatic heterocycles. The fraction of sp³-hybridized carbons (Fsp3) is 0.316. The van der Waals surface area contributed by atoms with Crippen molar-refractivity contribution in [2.75, 3.05) is 6.61 Å². The monoisotopic (exact) mass is 425 g/mol. The number of aryl methyl sites for hydroxylation is 1. The van der Waals surface area contributed by atoms with Gasteiger partial charge in [0.25, 0.3) is 0 Å². The predicted octanol–water partition coefficient (Wildman–Crippen LogP) is 4.13. The molecule has 0 aliphatic rings. The van der Waals surface area contributed by atoms with Gasteiger partial charge in [-0.1, -0.05) is 35.5 Å². The smallest absolute Gasteiger partial charge is 0.367 e. The van der Waals surface area contributed by atoms with E-state index >= 15 is 0 Å². The second kappa shape index (κ2) is 9.66. The van der Waals surface area contributed by atoms with E-state index in [0.29, 0.717) is 30.2 Å². The molecule has 0 bridgehead atoms. The van der Waals surface area contributed by atoms with Crippen LogP contribution in [0.5, 0.6) is 0 Å². The van der Waals surface area contributed by atoms with Gasteiger partial charge in [-0.05, 0) is 22.6 Å². The topological polar surface area (TPSA) is 77.2 Å². The van der Waals surface area contributed by atoms with E-state index in [4.69, 9.17) is 4.52 Å². The Kier molecular flexibility index (Phi) is 6.99. The number of alkyl halides is 3. The number of amides is 1. The average molecular weight is 425 g/mol. The molecule has 1 aromatic carbocycles. The van der Waals surface area contributed by atoms with Crippen molar-refractivity contribution in [2.24, 2.45) is 0 Å². The lowest BCUT2D eigenvalue weighted by atomic mass is 10.1. The van der Waals surface area contributed by atoms with E-state index < -0.39 is 12.8 Å². The normalized spacial score (nSPS) is 11.6. The van der Waals surface area contributed by atoms with Crippen molar-refractivity contribution in [3.63, 3.8) is 0 Å². The van der Waals surface area contributed by atoms with Crippen LogP contribution >= 0.6 is 11.3 Å². The summed E-state index contributed by atoms with van der Waals surface area (Å²) in [6.45, 7) is -1.09. The lowest BCUT2D eigenvalue weighted by Crippen LogP contribution is -2.23. The lowest BCUT2D eigenvalue weighted by molar-refractivity contribution is -0.176. The molecule has 0 saturated carbocycles. The van der Waals surface area contributed by atoms with E-state index in [1.165, 1.54) is 11.3 Å². The van der Waals surface area contributed by atoms with Crippen molar-refractivity contribution in [1.82, 2.24) is 15.5 Å².